The minimum Gasteiger partial charge on any atom is -0.507 e. The molecule has 0 bridgehead atoms. The van der Waals surface area contributed by atoms with Crippen LogP contribution in [0.1, 0.15) is 16.2 Å². The number of carbonyl (C=O) groups excluding carboxylic acids is 1. The molecule has 4 rings (SSSR count). The fourth-order valence-electron chi connectivity index (χ4n) is 2.79. The maximum atomic E-state index is 12.6. The minimum atomic E-state index is -0.390. The van der Waals surface area contributed by atoms with Gasteiger partial charge in [-0.25, -0.2) is 0 Å². The fourth-order valence-corrected chi connectivity index (χ4v) is 2.79. The van der Waals surface area contributed by atoms with E-state index in [-0.39, 0.29) is 17.2 Å². The highest BCUT2D eigenvalue weighted by Gasteiger charge is 2.13. The van der Waals surface area contributed by atoms with Gasteiger partial charge in [-0.15, -0.1) is 5.10 Å². The Kier molecular flexibility index (Phi) is 3.81. The molecule has 0 saturated heterocycles. The van der Waals surface area contributed by atoms with Crippen LogP contribution in [-0.4, -0.2) is 31.2 Å². The Hall–Kier alpha value is -3.74. The van der Waals surface area contributed by atoms with Crippen molar-refractivity contribution in [1.29, 1.82) is 0 Å². The van der Waals surface area contributed by atoms with Crippen LogP contribution in [0.5, 0.6) is 5.75 Å². The molecule has 0 aliphatic carbocycles. The van der Waals surface area contributed by atoms with E-state index in [1.807, 2.05) is 30.3 Å². The number of aromatic nitrogens is 4. The Bertz CT molecular complexity index is 1120. The second-order valence-corrected chi connectivity index (χ2v) is 5.86. The van der Waals surface area contributed by atoms with Crippen molar-refractivity contribution in [3.63, 3.8) is 0 Å². The molecule has 0 aliphatic heterocycles. The molecular formula is C19H15N5O2. The van der Waals surface area contributed by atoms with E-state index >= 15 is 0 Å². The van der Waals surface area contributed by atoms with E-state index in [0.717, 1.165) is 16.5 Å². The normalized spacial score (nSPS) is 10.8. The third-order valence-corrected chi connectivity index (χ3v) is 4.08. The van der Waals surface area contributed by atoms with Gasteiger partial charge in [0.2, 0.25) is 0 Å². The van der Waals surface area contributed by atoms with Crippen LogP contribution in [-0.2, 0) is 0 Å². The number of benzene rings is 3. The molecule has 26 heavy (non-hydrogen) atoms. The van der Waals surface area contributed by atoms with Gasteiger partial charge in [0.05, 0.1) is 11.3 Å². The summed E-state index contributed by atoms with van der Waals surface area (Å²) in [5, 5.41) is 26.2. The van der Waals surface area contributed by atoms with Crippen molar-refractivity contribution in [3.8, 4) is 11.4 Å². The van der Waals surface area contributed by atoms with Gasteiger partial charge in [-0.1, -0.05) is 30.3 Å². The number of phenols is 1. The van der Waals surface area contributed by atoms with Gasteiger partial charge >= 0.3 is 0 Å². The quantitative estimate of drug-likeness (QED) is 0.595. The first-order valence-electron chi connectivity index (χ1n) is 8.00. The first-order valence-corrected chi connectivity index (χ1v) is 8.00. The van der Waals surface area contributed by atoms with Crippen LogP contribution in [0.4, 0.5) is 5.69 Å². The Morgan fingerprint density at radius 1 is 1.04 bits per heavy atom. The van der Waals surface area contributed by atoms with Gasteiger partial charge in [-0.2, -0.15) is 4.68 Å². The maximum Gasteiger partial charge on any atom is 0.259 e. The molecule has 7 nitrogen and oxygen atoms in total. The van der Waals surface area contributed by atoms with E-state index in [9.17, 15) is 9.90 Å². The number of hydrogen-bond acceptors (Lipinski definition) is 5. The standard InChI is InChI=1S/C19H15N5O2/c1-12-21-22-23-24(12)16-8-4-7-15(11-16)20-19(26)17-9-13-5-2-3-6-14(13)10-18(17)25/h2-11,25H,1H3,(H,20,26). The lowest BCUT2D eigenvalue weighted by atomic mass is 10.1. The number of hydrogen-bond donors (Lipinski definition) is 2. The maximum absolute atomic E-state index is 12.6. The Balaban J connectivity index is 1.65. The van der Waals surface area contributed by atoms with Gasteiger partial charge in [0, 0.05) is 5.69 Å². The molecule has 4 aromatic rings. The Morgan fingerprint density at radius 2 is 1.81 bits per heavy atom. The Labute approximate surface area is 148 Å². The first kappa shape index (κ1) is 15.8. The summed E-state index contributed by atoms with van der Waals surface area (Å²) < 4.78 is 1.57. The first-order chi connectivity index (χ1) is 12.6. The van der Waals surface area contributed by atoms with Crippen molar-refractivity contribution < 1.29 is 9.90 Å². The summed E-state index contributed by atoms with van der Waals surface area (Å²) in [7, 11) is 0. The highest BCUT2D eigenvalue weighted by Crippen LogP contribution is 2.26. The predicted molar refractivity (Wildman–Crippen MR) is 97.5 cm³/mol. The molecule has 2 N–H and O–H groups in total. The number of fused-ring (bicyclic) bond motifs is 1. The number of nitrogens with one attached hydrogen (secondary N) is 1. The van der Waals surface area contributed by atoms with Crippen LogP contribution in [0.25, 0.3) is 16.5 Å². The molecule has 0 spiro atoms. The molecule has 0 atom stereocenters. The van der Waals surface area contributed by atoms with Crippen molar-refractivity contribution >= 4 is 22.4 Å². The van der Waals surface area contributed by atoms with Gasteiger partial charge in [0.15, 0.2) is 5.82 Å². The molecular weight excluding hydrogens is 330 g/mol. The summed E-state index contributed by atoms with van der Waals surface area (Å²) in [6, 6.07) is 18.0. The fraction of sp³-hybridized carbons (Fsp3) is 0.0526. The summed E-state index contributed by atoms with van der Waals surface area (Å²) >= 11 is 0. The van der Waals surface area contributed by atoms with Gasteiger partial charge in [-0.3, -0.25) is 4.79 Å². The van der Waals surface area contributed by atoms with Crippen molar-refractivity contribution in [2.24, 2.45) is 0 Å². The number of aromatic hydroxyl groups is 1. The molecule has 128 valence electrons. The lowest BCUT2D eigenvalue weighted by Gasteiger charge is -2.10. The molecule has 0 saturated carbocycles. The molecule has 1 amide bonds. The smallest absolute Gasteiger partial charge is 0.259 e. The van der Waals surface area contributed by atoms with Crippen molar-refractivity contribution in [1.82, 2.24) is 20.2 Å². The summed E-state index contributed by atoms with van der Waals surface area (Å²) in [5.41, 5.74) is 1.52. The molecule has 1 aromatic heterocycles. The van der Waals surface area contributed by atoms with E-state index in [1.165, 1.54) is 0 Å². The average molecular weight is 345 g/mol. The zero-order valence-electron chi connectivity index (χ0n) is 13.9. The van der Waals surface area contributed by atoms with Gasteiger partial charge < -0.3 is 10.4 Å². The van der Waals surface area contributed by atoms with E-state index in [4.69, 9.17) is 0 Å². The summed E-state index contributed by atoms with van der Waals surface area (Å²) in [6.45, 7) is 1.79. The van der Waals surface area contributed by atoms with Gasteiger partial charge in [0.1, 0.15) is 5.75 Å². The second-order valence-electron chi connectivity index (χ2n) is 5.86. The molecule has 1 heterocycles. The molecule has 3 aromatic carbocycles. The number of aryl methyl sites for hydroxylation is 1. The van der Waals surface area contributed by atoms with Crippen molar-refractivity contribution in [3.05, 3.63) is 72.1 Å². The number of carbonyl (C=O) groups is 1. The van der Waals surface area contributed by atoms with Gasteiger partial charge in [0.25, 0.3) is 5.91 Å². The van der Waals surface area contributed by atoms with E-state index < -0.39 is 0 Å². The van der Waals surface area contributed by atoms with Crippen LogP contribution in [0.3, 0.4) is 0 Å². The van der Waals surface area contributed by atoms with Crippen LogP contribution in [0.15, 0.2) is 60.7 Å². The topological polar surface area (TPSA) is 92.9 Å². The highest BCUT2D eigenvalue weighted by atomic mass is 16.3. The molecule has 0 unspecified atom stereocenters. The van der Waals surface area contributed by atoms with Crippen molar-refractivity contribution in [2.45, 2.75) is 6.92 Å². The number of tetrazole rings is 1. The number of nitrogens with zero attached hydrogens (tertiary/aromatic N) is 4. The molecule has 7 heteroatoms. The van der Waals surface area contributed by atoms with Crippen LogP contribution < -0.4 is 5.32 Å². The largest absolute Gasteiger partial charge is 0.507 e. The van der Waals surface area contributed by atoms with E-state index in [1.54, 1.807) is 41.9 Å². The summed E-state index contributed by atoms with van der Waals surface area (Å²) in [5.74, 6) is 0.188. The predicted octanol–water partition coefficient (Wildman–Crippen LogP) is 3.08. The summed E-state index contributed by atoms with van der Waals surface area (Å²) in [4.78, 5) is 12.6. The van der Waals surface area contributed by atoms with Gasteiger partial charge in [-0.05, 0) is 58.5 Å². The Morgan fingerprint density at radius 3 is 2.54 bits per heavy atom. The van der Waals surface area contributed by atoms with E-state index in [0.29, 0.717) is 11.5 Å². The zero-order valence-corrected chi connectivity index (χ0v) is 13.9. The van der Waals surface area contributed by atoms with Crippen LogP contribution >= 0.6 is 0 Å². The number of amides is 1. The molecule has 0 radical (unpaired) electrons. The second kappa shape index (κ2) is 6.29. The van der Waals surface area contributed by atoms with E-state index in [2.05, 4.69) is 20.8 Å². The number of anilines is 1. The lowest BCUT2D eigenvalue weighted by Crippen LogP contribution is -2.12. The van der Waals surface area contributed by atoms with Crippen molar-refractivity contribution in [2.75, 3.05) is 5.32 Å². The third-order valence-electron chi connectivity index (χ3n) is 4.08. The highest BCUT2D eigenvalue weighted by molar-refractivity contribution is 6.08. The summed E-state index contributed by atoms with van der Waals surface area (Å²) in [6.07, 6.45) is 0. The number of phenolic OH excluding ortho intramolecular Hbond substituents is 1. The molecule has 0 aliphatic rings. The zero-order chi connectivity index (χ0) is 18.1. The molecule has 0 fully saturated rings. The average Bonchev–Trinajstić information content (AvgIpc) is 3.07. The lowest BCUT2D eigenvalue weighted by molar-refractivity contribution is 0.102. The van der Waals surface area contributed by atoms with Crippen LogP contribution in [0, 0.1) is 6.92 Å². The minimum absolute atomic E-state index is 0.0614. The third kappa shape index (κ3) is 2.86. The van der Waals surface area contributed by atoms with Crippen LogP contribution in [0.2, 0.25) is 0 Å². The SMILES string of the molecule is Cc1nnnn1-c1cccc(NC(=O)c2cc3ccccc3cc2O)c1. The number of rotatable bonds is 3. The monoisotopic (exact) mass is 345 g/mol.